The molecule has 0 aromatic heterocycles. The number of hydrazine groups is 1. The van der Waals surface area contributed by atoms with Gasteiger partial charge < -0.3 is 14.8 Å². The van der Waals surface area contributed by atoms with Crippen LogP contribution < -0.4 is 25.6 Å². The van der Waals surface area contributed by atoms with Crippen molar-refractivity contribution < 1.29 is 14.3 Å². The van der Waals surface area contributed by atoms with Gasteiger partial charge in [-0.15, -0.1) is 0 Å². The normalized spacial score (nSPS) is 20.4. The van der Waals surface area contributed by atoms with Crippen LogP contribution in [0.5, 0.6) is 11.5 Å². The second-order valence-electron chi connectivity index (χ2n) is 5.79. The van der Waals surface area contributed by atoms with E-state index < -0.39 is 6.10 Å². The van der Waals surface area contributed by atoms with Crippen molar-refractivity contribution in [1.29, 1.82) is 0 Å². The number of hydrogen-bond acceptors (Lipinski definition) is 4. The first-order chi connectivity index (χ1) is 11.2. The molecular weight excluding hydrogens is 314 g/mol. The molecule has 3 rings (SSSR count). The fourth-order valence-corrected chi connectivity index (χ4v) is 3.03. The summed E-state index contributed by atoms with van der Waals surface area (Å²) in [6.07, 6.45) is 5.27. The number of amides is 1. The van der Waals surface area contributed by atoms with Gasteiger partial charge in [0.2, 0.25) is 6.10 Å². The number of fused-ring (bicyclic) bond motifs is 1. The number of carbonyl (C=O) groups excluding carboxylic acids is 1. The molecule has 0 radical (unpaired) electrons. The molecule has 0 saturated heterocycles. The molecule has 1 heterocycles. The van der Waals surface area contributed by atoms with Crippen molar-refractivity contribution in [2.24, 2.45) is 0 Å². The van der Waals surface area contributed by atoms with Crippen LogP contribution in [0.15, 0.2) is 24.3 Å². The van der Waals surface area contributed by atoms with Crippen LogP contribution >= 0.6 is 12.2 Å². The average Bonchev–Trinajstić information content (AvgIpc) is 2.60. The average molecular weight is 335 g/mol. The molecule has 23 heavy (non-hydrogen) atoms. The van der Waals surface area contributed by atoms with E-state index >= 15 is 0 Å². The van der Waals surface area contributed by atoms with E-state index in [1.807, 2.05) is 18.2 Å². The fourth-order valence-electron chi connectivity index (χ4n) is 2.82. The number of nitrogens with one attached hydrogen (secondary N) is 3. The van der Waals surface area contributed by atoms with Crippen LogP contribution in [0.25, 0.3) is 0 Å². The van der Waals surface area contributed by atoms with E-state index in [9.17, 15) is 4.79 Å². The van der Waals surface area contributed by atoms with Crippen molar-refractivity contribution in [2.45, 2.75) is 44.2 Å². The van der Waals surface area contributed by atoms with Gasteiger partial charge in [0.1, 0.15) is 6.61 Å². The second kappa shape index (κ2) is 7.50. The zero-order valence-electron chi connectivity index (χ0n) is 12.8. The van der Waals surface area contributed by atoms with Gasteiger partial charge in [0, 0.05) is 6.04 Å². The third-order valence-electron chi connectivity index (χ3n) is 4.04. The molecule has 6 nitrogen and oxygen atoms in total. The molecule has 124 valence electrons. The highest BCUT2D eigenvalue weighted by molar-refractivity contribution is 7.80. The molecular formula is C16H21N3O3S. The molecule has 0 bridgehead atoms. The largest absolute Gasteiger partial charge is 0.485 e. The summed E-state index contributed by atoms with van der Waals surface area (Å²) in [4.78, 5) is 12.1. The molecule has 1 fully saturated rings. The maximum Gasteiger partial charge on any atom is 0.283 e. The van der Waals surface area contributed by atoms with E-state index in [4.69, 9.17) is 21.7 Å². The van der Waals surface area contributed by atoms with E-state index in [1.165, 1.54) is 19.3 Å². The van der Waals surface area contributed by atoms with Crippen molar-refractivity contribution >= 4 is 23.2 Å². The van der Waals surface area contributed by atoms with Crippen LogP contribution in [0.1, 0.15) is 32.1 Å². The van der Waals surface area contributed by atoms with E-state index in [-0.39, 0.29) is 12.5 Å². The zero-order valence-corrected chi connectivity index (χ0v) is 13.7. The minimum absolute atomic E-state index is 0.174. The van der Waals surface area contributed by atoms with Gasteiger partial charge in [-0.25, -0.2) is 0 Å². The molecule has 7 heteroatoms. The third-order valence-corrected chi connectivity index (χ3v) is 4.26. The Morgan fingerprint density at radius 2 is 1.83 bits per heavy atom. The Balaban J connectivity index is 1.43. The van der Waals surface area contributed by atoms with Crippen molar-refractivity contribution in [3.05, 3.63) is 24.3 Å². The Kier molecular flexibility index (Phi) is 5.17. The molecule has 1 aliphatic carbocycles. The van der Waals surface area contributed by atoms with Gasteiger partial charge in [0.05, 0.1) is 0 Å². The summed E-state index contributed by atoms with van der Waals surface area (Å²) in [5.41, 5.74) is 5.31. The Morgan fingerprint density at radius 1 is 1.09 bits per heavy atom. The summed E-state index contributed by atoms with van der Waals surface area (Å²) in [7, 11) is 0. The quantitative estimate of drug-likeness (QED) is 0.564. The van der Waals surface area contributed by atoms with Gasteiger partial charge in [-0.2, -0.15) is 0 Å². The maximum atomic E-state index is 12.1. The molecule has 1 amide bonds. The minimum atomic E-state index is -0.699. The Hall–Kier alpha value is -2.02. The molecule has 0 unspecified atom stereocenters. The predicted octanol–water partition coefficient (Wildman–Crippen LogP) is 1.65. The Morgan fingerprint density at radius 3 is 2.61 bits per heavy atom. The summed E-state index contributed by atoms with van der Waals surface area (Å²) in [5, 5.41) is 3.66. The van der Waals surface area contributed by atoms with E-state index in [2.05, 4.69) is 16.2 Å². The topological polar surface area (TPSA) is 71.6 Å². The van der Waals surface area contributed by atoms with Gasteiger partial charge in [0.15, 0.2) is 16.6 Å². The summed E-state index contributed by atoms with van der Waals surface area (Å²) < 4.78 is 11.2. The van der Waals surface area contributed by atoms with Crippen LogP contribution in [-0.2, 0) is 4.79 Å². The van der Waals surface area contributed by atoms with Crippen LogP contribution in [0.2, 0.25) is 0 Å². The van der Waals surface area contributed by atoms with Crippen LogP contribution in [0.3, 0.4) is 0 Å². The van der Waals surface area contributed by atoms with Crippen molar-refractivity contribution in [3.8, 4) is 11.5 Å². The number of carbonyl (C=O) groups is 1. The number of hydrogen-bond donors (Lipinski definition) is 3. The van der Waals surface area contributed by atoms with E-state index in [1.54, 1.807) is 6.07 Å². The number of ether oxygens (including phenoxy) is 2. The van der Waals surface area contributed by atoms with Crippen LogP contribution in [-0.4, -0.2) is 29.8 Å². The van der Waals surface area contributed by atoms with Gasteiger partial charge in [-0.1, -0.05) is 31.4 Å². The van der Waals surface area contributed by atoms with Crippen molar-refractivity contribution in [1.82, 2.24) is 16.2 Å². The highest BCUT2D eigenvalue weighted by Gasteiger charge is 2.27. The zero-order chi connectivity index (χ0) is 16.1. The molecule has 1 atom stereocenters. The fraction of sp³-hybridized carbons (Fsp3) is 0.500. The smallest absolute Gasteiger partial charge is 0.283 e. The van der Waals surface area contributed by atoms with E-state index in [0.29, 0.717) is 22.7 Å². The molecule has 2 aliphatic rings. The number of rotatable bonds is 2. The van der Waals surface area contributed by atoms with Gasteiger partial charge in [-0.05, 0) is 37.2 Å². The van der Waals surface area contributed by atoms with Crippen molar-refractivity contribution in [2.75, 3.05) is 6.61 Å². The summed E-state index contributed by atoms with van der Waals surface area (Å²) in [6, 6.07) is 7.67. The first-order valence-corrected chi connectivity index (χ1v) is 8.38. The third kappa shape index (κ3) is 4.25. The standard InChI is InChI=1S/C16H21N3O3S/c20-15(14-10-21-12-8-4-5-9-13(12)22-14)18-19-16(23)17-11-6-2-1-3-7-11/h4-5,8-9,11,14H,1-3,6-7,10H2,(H,18,20)(H2,17,19,23)/t14-/m0/s1. The summed E-state index contributed by atoms with van der Waals surface area (Å²) in [5.74, 6) is 0.910. The minimum Gasteiger partial charge on any atom is -0.485 e. The number of thiocarbonyl (C=S) groups is 1. The number of benzene rings is 1. The lowest BCUT2D eigenvalue weighted by molar-refractivity contribution is -0.130. The lowest BCUT2D eigenvalue weighted by atomic mass is 9.96. The Bertz CT molecular complexity index is 575. The van der Waals surface area contributed by atoms with Gasteiger partial charge in [-0.3, -0.25) is 15.6 Å². The first-order valence-electron chi connectivity index (χ1n) is 7.97. The predicted molar refractivity (Wildman–Crippen MR) is 90.2 cm³/mol. The maximum absolute atomic E-state index is 12.1. The van der Waals surface area contributed by atoms with Crippen LogP contribution in [0.4, 0.5) is 0 Å². The highest BCUT2D eigenvalue weighted by atomic mass is 32.1. The number of para-hydroxylation sites is 2. The lowest BCUT2D eigenvalue weighted by Gasteiger charge is -2.27. The highest BCUT2D eigenvalue weighted by Crippen LogP contribution is 2.30. The molecule has 0 spiro atoms. The van der Waals surface area contributed by atoms with Crippen LogP contribution in [0, 0.1) is 0 Å². The molecule has 1 aromatic carbocycles. The van der Waals surface area contributed by atoms with Crippen molar-refractivity contribution in [3.63, 3.8) is 0 Å². The summed E-state index contributed by atoms with van der Waals surface area (Å²) in [6.45, 7) is 0.174. The molecule has 3 N–H and O–H groups in total. The van der Waals surface area contributed by atoms with E-state index in [0.717, 1.165) is 12.8 Å². The lowest BCUT2D eigenvalue weighted by Crippen LogP contribution is -2.54. The molecule has 1 aliphatic heterocycles. The summed E-state index contributed by atoms with van der Waals surface area (Å²) >= 11 is 5.21. The SMILES string of the molecule is O=C(NNC(=S)NC1CCCCC1)[C@@H]1COc2ccccc2O1. The second-order valence-corrected chi connectivity index (χ2v) is 6.20. The monoisotopic (exact) mass is 335 g/mol. The van der Waals surface area contributed by atoms with Gasteiger partial charge in [0.25, 0.3) is 5.91 Å². The van der Waals surface area contributed by atoms with Gasteiger partial charge >= 0.3 is 0 Å². The molecule has 1 saturated carbocycles. The first kappa shape index (κ1) is 15.9. The Labute approximate surface area is 140 Å². The molecule has 1 aromatic rings.